The van der Waals surface area contributed by atoms with Crippen molar-refractivity contribution < 1.29 is 9.32 Å². The van der Waals surface area contributed by atoms with Crippen LogP contribution in [0, 0.1) is 0 Å². The van der Waals surface area contributed by atoms with Crippen LogP contribution < -0.4 is 5.32 Å². The molecule has 1 atom stereocenters. The van der Waals surface area contributed by atoms with Gasteiger partial charge in [0.1, 0.15) is 0 Å². The van der Waals surface area contributed by atoms with Gasteiger partial charge < -0.3 is 9.84 Å². The van der Waals surface area contributed by atoms with Gasteiger partial charge in [0.05, 0.1) is 0 Å². The van der Waals surface area contributed by atoms with E-state index >= 15 is 0 Å². The third-order valence-electron chi connectivity index (χ3n) is 5.11. The Bertz CT molecular complexity index is 684. The molecule has 25 heavy (non-hydrogen) atoms. The summed E-state index contributed by atoms with van der Waals surface area (Å²) in [5, 5.41) is 6.88. The highest BCUT2D eigenvalue weighted by Gasteiger charge is 2.17. The van der Waals surface area contributed by atoms with Gasteiger partial charge in [-0.3, -0.25) is 4.79 Å². The Morgan fingerprint density at radius 1 is 1.24 bits per heavy atom. The van der Waals surface area contributed by atoms with E-state index in [-0.39, 0.29) is 11.9 Å². The van der Waals surface area contributed by atoms with Gasteiger partial charge in [-0.25, -0.2) is 0 Å². The summed E-state index contributed by atoms with van der Waals surface area (Å²) in [6.45, 7) is 4.11. The van der Waals surface area contributed by atoms with E-state index in [0.29, 0.717) is 17.4 Å². The number of hydrogen-bond donors (Lipinski definition) is 1. The van der Waals surface area contributed by atoms with Crippen LogP contribution in [0.15, 0.2) is 34.9 Å². The fraction of sp³-hybridized carbons (Fsp3) is 0.524. The lowest BCUT2D eigenvalue weighted by molar-refractivity contribution is 0.0929. The topological polar surface area (TPSA) is 55.1 Å². The molecule has 1 unspecified atom stereocenters. The minimum atomic E-state index is -0.172. The van der Waals surface area contributed by atoms with Crippen molar-refractivity contribution in [2.45, 2.75) is 70.8 Å². The number of nitrogens with one attached hydrogen (secondary N) is 1. The third-order valence-corrected chi connectivity index (χ3v) is 5.11. The van der Waals surface area contributed by atoms with Crippen molar-refractivity contribution in [3.8, 4) is 11.3 Å². The quantitative estimate of drug-likeness (QED) is 0.775. The highest BCUT2D eigenvalue weighted by atomic mass is 16.5. The number of hydrogen-bond acceptors (Lipinski definition) is 3. The van der Waals surface area contributed by atoms with Crippen LogP contribution in [0.3, 0.4) is 0 Å². The van der Waals surface area contributed by atoms with Crippen LogP contribution in [0.1, 0.15) is 80.8 Å². The van der Waals surface area contributed by atoms with Gasteiger partial charge in [-0.15, -0.1) is 0 Å². The van der Waals surface area contributed by atoms with E-state index in [1.165, 1.54) is 37.7 Å². The van der Waals surface area contributed by atoms with E-state index in [1.807, 2.05) is 6.92 Å². The van der Waals surface area contributed by atoms with Crippen LogP contribution in [0.4, 0.5) is 0 Å². The molecule has 1 amide bonds. The van der Waals surface area contributed by atoms with Crippen LogP contribution >= 0.6 is 0 Å². The van der Waals surface area contributed by atoms with Gasteiger partial charge in [-0.2, -0.15) is 0 Å². The van der Waals surface area contributed by atoms with Gasteiger partial charge in [0.25, 0.3) is 5.91 Å². The van der Waals surface area contributed by atoms with Crippen LogP contribution in [-0.2, 0) is 0 Å². The first kappa shape index (κ1) is 17.7. The lowest BCUT2D eigenvalue weighted by atomic mass is 9.84. The smallest absolute Gasteiger partial charge is 0.273 e. The molecule has 4 heteroatoms. The zero-order valence-electron chi connectivity index (χ0n) is 15.3. The Labute approximate surface area is 150 Å². The van der Waals surface area contributed by atoms with E-state index in [1.54, 1.807) is 6.07 Å². The summed E-state index contributed by atoms with van der Waals surface area (Å²) in [5.74, 6) is 1.16. The summed E-state index contributed by atoms with van der Waals surface area (Å²) >= 11 is 0. The molecule has 4 nitrogen and oxygen atoms in total. The summed E-state index contributed by atoms with van der Waals surface area (Å²) in [7, 11) is 0. The number of aromatic nitrogens is 1. The lowest BCUT2D eigenvalue weighted by Gasteiger charge is -2.21. The van der Waals surface area contributed by atoms with Gasteiger partial charge >= 0.3 is 0 Å². The largest absolute Gasteiger partial charge is 0.355 e. The third kappa shape index (κ3) is 4.50. The predicted molar refractivity (Wildman–Crippen MR) is 99.6 cm³/mol. The maximum atomic E-state index is 12.2. The molecule has 2 aromatic rings. The molecule has 1 aliphatic carbocycles. The Kier molecular flexibility index (Phi) is 5.90. The second-order valence-electron chi connectivity index (χ2n) is 7.20. The standard InChI is InChI=1S/C21H28N2O2/c1-3-7-15(2)22-21(24)19-14-20(25-23-19)18-12-10-17(11-13-18)16-8-5-4-6-9-16/h10-16H,3-9H2,1-2H3,(H,22,24). The van der Waals surface area contributed by atoms with Crippen molar-refractivity contribution in [1.82, 2.24) is 10.5 Å². The minimum absolute atomic E-state index is 0.146. The van der Waals surface area contributed by atoms with E-state index in [9.17, 15) is 4.79 Å². The van der Waals surface area contributed by atoms with Gasteiger partial charge in [0.2, 0.25) is 0 Å². The number of benzene rings is 1. The number of carbonyl (C=O) groups excluding carboxylic acids is 1. The van der Waals surface area contributed by atoms with E-state index in [4.69, 9.17) is 4.52 Å². The van der Waals surface area contributed by atoms with Gasteiger partial charge in [0.15, 0.2) is 11.5 Å². The molecule has 1 aliphatic rings. The molecule has 0 bridgehead atoms. The van der Waals surface area contributed by atoms with Crippen LogP contribution in [0.25, 0.3) is 11.3 Å². The highest BCUT2D eigenvalue weighted by Crippen LogP contribution is 2.33. The molecule has 134 valence electrons. The van der Waals surface area contributed by atoms with E-state index < -0.39 is 0 Å². The van der Waals surface area contributed by atoms with E-state index in [0.717, 1.165) is 18.4 Å². The Morgan fingerprint density at radius 3 is 2.64 bits per heavy atom. The monoisotopic (exact) mass is 340 g/mol. The fourth-order valence-electron chi connectivity index (χ4n) is 3.68. The molecular formula is C21H28N2O2. The summed E-state index contributed by atoms with van der Waals surface area (Å²) < 4.78 is 5.39. The van der Waals surface area contributed by atoms with Crippen molar-refractivity contribution in [3.63, 3.8) is 0 Å². The zero-order chi connectivity index (χ0) is 17.6. The Balaban J connectivity index is 1.66. The predicted octanol–water partition coefficient (Wildman–Crippen LogP) is 5.31. The first-order valence-electron chi connectivity index (χ1n) is 9.55. The minimum Gasteiger partial charge on any atom is -0.355 e. The average Bonchev–Trinajstić information content (AvgIpc) is 3.13. The first-order chi connectivity index (χ1) is 12.2. The second kappa shape index (κ2) is 8.32. The van der Waals surface area contributed by atoms with Crippen molar-refractivity contribution in [2.24, 2.45) is 0 Å². The van der Waals surface area contributed by atoms with Gasteiger partial charge in [-0.05, 0) is 37.7 Å². The number of amides is 1. The van der Waals surface area contributed by atoms with Crippen molar-refractivity contribution in [3.05, 3.63) is 41.6 Å². The van der Waals surface area contributed by atoms with Crippen molar-refractivity contribution in [2.75, 3.05) is 0 Å². The maximum absolute atomic E-state index is 12.2. The van der Waals surface area contributed by atoms with Crippen LogP contribution in [0.2, 0.25) is 0 Å². The molecule has 1 aromatic heterocycles. The van der Waals surface area contributed by atoms with Crippen LogP contribution in [0.5, 0.6) is 0 Å². The number of rotatable bonds is 6. The average molecular weight is 340 g/mol. The Hall–Kier alpha value is -2.10. The highest BCUT2D eigenvalue weighted by molar-refractivity contribution is 5.93. The molecule has 0 radical (unpaired) electrons. The molecule has 0 spiro atoms. The van der Waals surface area contributed by atoms with Gasteiger partial charge in [0, 0.05) is 17.7 Å². The number of carbonyl (C=O) groups is 1. The summed E-state index contributed by atoms with van der Waals surface area (Å²) in [5.41, 5.74) is 2.72. The molecule has 3 rings (SSSR count). The number of nitrogens with zero attached hydrogens (tertiary/aromatic N) is 1. The molecule has 1 N–H and O–H groups in total. The fourth-order valence-corrected chi connectivity index (χ4v) is 3.68. The second-order valence-corrected chi connectivity index (χ2v) is 7.20. The summed E-state index contributed by atoms with van der Waals surface area (Å²) in [6, 6.07) is 10.4. The first-order valence-corrected chi connectivity index (χ1v) is 9.55. The van der Waals surface area contributed by atoms with Crippen LogP contribution in [-0.4, -0.2) is 17.1 Å². The summed E-state index contributed by atoms with van der Waals surface area (Å²) in [6.07, 6.45) is 8.63. The molecule has 1 saturated carbocycles. The zero-order valence-corrected chi connectivity index (χ0v) is 15.3. The molecule has 1 fully saturated rings. The maximum Gasteiger partial charge on any atom is 0.273 e. The SMILES string of the molecule is CCCC(C)NC(=O)c1cc(-c2ccc(C3CCCCC3)cc2)on1. The summed E-state index contributed by atoms with van der Waals surface area (Å²) in [4.78, 5) is 12.2. The van der Waals surface area contributed by atoms with Crippen molar-refractivity contribution in [1.29, 1.82) is 0 Å². The molecule has 0 aliphatic heterocycles. The molecular weight excluding hydrogens is 312 g/mol. The Morgan fingerprint density at radius 2 is 1.96 bits per heavy atom. The van der Waals surface area contributed by atoms with E-state index in [2.05, 4.69) is 41.7 Å². The molecule has 1 heterocycles. The molecule has 0 saturated heterocycles. The lowest BCUT2D eigenvalue weighted by Crippen LogP contribution is -2.32. The normalized spacial score (nSPS) is 16.6. The van der Waals surface area contributed by atoms with Crippen molar-refractivity contribution >= 4 is 5.91 Å². The van der Waals surface area contributed by atoms with Gasteiger partial charge in [-0.1, -0.05) is 62.0 Å². The molecule has 1 aromatic carbocycles.